The fourth-order valence-electron chi connectivity index (χ4n) is 5.40. The van der Waals surface area contributed by atoms with Crippen molar-refractivity contribution in [3.63, 3.8) is 0 Å². The molecule has 0 aliphatic heterocycles. The molecule has 2 nitrogen and oxygen atoms in total. The normalized spacial score (nSPS) is 14.3. The van der Waals surface area contributed by atoms with Crippen molar-refractivity contribution in [2.24, 2.45) is 0 Å². The molecule has 1 aromatic heterocycles. The van der Waals surface area contributed by atoms with Crippen molar-refractivity contribution in [3.05, 3.63) is 151 Å². The van der Waals surface area contributed by atoms with Crippen molar-refractivity contribution in [3.8, 4) is 11.1 Å². The molecular formula is C38H25NO. The van der Waals surface area contributed by atoms with Crippen LogP contribution in [0.15, 0.2) is 156 Å². The SMILES string of the molecule is [2H]c1c([2H])c(N(c2ccccc2)c2ccccc2)c2c(oc3c4c([2H])c([2H])c([2H])c([2H])c4c(-c4ccc5ccccc5c4)c([2H])c32)c1[2H]. The molecule has 0 amide bonds. The third-order valence-electron chi connectivity index (χ3n) is 7.21. The Balaban J connectivity index is 1.63. The first kappa shape index (κ1) is 15.9. The first-order valence-corrected chi connectivity index (χ1v) is 13.0. The van der Waals surface area contributed by atoms with Gasteiger partial charge in [-0.05, 0) is 75.7 Å². The predicted molar refractivity (Wildman–Crippen MR) is 169 cm³/mol. The van der Waals surface area contributed by atoms with E-state index in [1.54, 1.807) is 4.90 Å². The molecule has 8 rings (SSSR count). The molecule has 188 valence electrons. The molecule has 0 aliphatic rings. The molecule has 0 fully saturated rings. The number of hydrogen-bond donors (Lipinski definition) is 0. The number of nitrogens with zero attached hydrogens (tertiary/aromatic N) is 1. The summed E-state index contributed by atoms with van der Waals surface area (Å²) in [5.41, 5.74) is 2.38. The van der Waals surface area contributed by atoms with Gasteiger partial charge in [0.15, 0.2) is 0 Å². The van der Waals surface area contributed by atoms with E-state index in [0.717, 1.165) is 10.8 Å². The Morgan fingerprint density at radius 1 is 0.575 bits per heavy atom. The van der Waals surface area contributed by atoms with Crippen molar-refractivity contribution in [1.29, 1.82) is 0 Å². The number of anilines is 3. The summed E-state index contributed by atoms with van der Waals surface area (Å²) < 4.78 is 78.4. The average molecular weight is 520 g/mol. The summed E-state index contributed by atoms with van der Waals surface area (Å²) in [4.78, 5) is 1.80. The Labute approximate surface area is 243 Å². The van der Waals surface area contributed by atoms with Crippen molar-refractivity contribution >= 4 is 60.5 Å². The molecule has 0 saturated heterocycles. The van der Waals surface area contributed by atoms with E-state index in [4.69, 9.17) is 12.6 Å². The van der Waals surface area contributed by atoms with E-state index in [-0.39, 0.29) is 80.2 Å². The van der Waals surface area contributed by atoms with Gasteiger partial charge in [-0.1, -0.05) is 103 Å². The number of rotatable bonds is 4. The second kappa shape index (κ2) is 9.14. The molecule has 8 aromatic rings. The first-order chi connectivity index (χ1) is 23.2. The molecule has 0 spiro atoms. The van der Waals surface area contributed by atoms with Crippen LogP contribution in [0, 0.1) is 0 Å². The van der Waals surface area contributed by atoms with E-state index in [2.05, 4.69) is 0 Å². The van der Waals surface area contributed by atoms with E-state index in [1.165, 1.54) is 0 Å². The molecule has 0 N–H and O–H groups in total. The lowest BCUT2D eigenvalue weighted by atomic mass is 9.93. The maximum absolute atomic E-state index is 9.80. The number of furan rings is 1. The molecule has 2 heteroatoms. The van der Waals surface area contributed by atoms with Crippen LogP contribution < -0.4 is 4.90 Å². The minimum atomic E-state index is -0.458. The van der Waals surface area contributed by atoms with Gasteiger partial charge in [-0.25, -0.2) is 0 Å². The largest absolute Gasteiger partial charge is 0.455 e. The van der Waals surface area contributed by atoms with E-state index in [0.29, 0.717) is 16.9 Å². The quantitative estimate of drug-likeness (QED) is 0.230. The molecule has 40 heavy (non-hydrogen) atoms. The van der Waals surface area contributed by atoms with Crippen LogP contribution in [0.2, 0.25) is 0 Å². The third kappa shape index (κ3) is 3.58. The fraction of sp³-hybridized carbons (Fsp3) is 0. The first-order valence-electron chi connectivity index (χ1n) is 17.0. The standard InChI is InChI=1S/C38H25NO/c1-3-14-29(15-4-1)39(30-16-5-2-6-17-30)35-20-11-21-36-37(35)34-25-33(31-18-9-10-19-32(31)38(34)40-36)28-23-22-26-12-7-8-13-27(26)24-28/h1-25H/i9D,10D,11D,18D,19D,20D,21D,25D. The van der Waals surface area contributed by atoms with Crippen molar-refractivity contribution in [2.45, 2.75) is 0 Å². The van der Waals surface area contributed by atoms with Gasteiger partial charge >= 0.3 is 0 Å². The van der Waals surface area contributed by atoms with E-state index in [1.807, 2.05) is 103 Å². The minimum Gasteiger partial charge on any atom is -0.455 e. The van der Waals surface area contributed by atoms with Crippen LogP contribution in [-0.4, -0.2) is 0 Å². The van der Waals surface area contributed by atoms with Gasteiger partial charge in [-0.15, -0.1) is 0 Å². The van der Waals surface area contributed by atoms with Gasteiger partial charge in [0.1, 0.15) is 11.2 Å². The molecular weight excluding hydrogens is 486 g/mol. The monoisotopic (exact) mass is 519 g/mol. The lowest BCUT2D eigenvalue weighted by molar-refractivity contribution is 0.672. The van der Waals surface area contributed by atoms with Crippen molar-refractivity contribution < 1.29 is 15.4 Å². The zero-order valence-corrected chi connectivity index (χ0v) is 21.2. The molecule has 1 heterocycles. The number of benzene rings is 7. The highest BCUT2D eigenvalue weighted by molar-refractivity contribution is 6.22. The highest BCUT2D eigenvalue weighted by atomic mass is 16.3. The molecule has 0 radical (unpaired) electrons. The Morgan fingerprint density at radius 2 is 1.25 bits per heavy atom. The van der Waals surface area contributed by atoms with Gasteiger partial charge in [-0.3, -0.25) is 0 Å². The molecule has 0 bridgehead atoms. The topological polar surface area (TPSA) is 16.4 Å². The predicted octanol–water partition coefficient (Wildman–Crippen LogP) is 11.0. The van der Waals surface area contributed by atoms with Crippen molar-refractivity contribution in [2.75, 3.05) is 4.90 Å². The Bertz CT molecular complexity index is 2560. The zero-order chi connectivity index (χ0) is 33.4. The third-order valence-corrected chi connectivity index (χ3v) is 7.21. The molecule has 0 saturated carbocycles. The summed E-state index contributed by atoms with van der Waals surface area (Å²) in [5.74, 6) is 0. The Kier molecular flexibility index (Phi) is 3.64. The maximum atomic E-state index is 9.80. The number of fused-ring (bicyclic) bond motifs is 6. The highest BCUT2D eigenvalue weighted by Crippen LogP contribution is 2.46. The summed E-state index contributed by atoms with van der Waals surface area (Å²) in [6, 6.07) is 29.4. The number of hydrogen-bond acceptors (Lipinski definition) is 2. The van der Waals surface area contributed by atoms with Gasteiger partial charge < -0.3 is 9.32 Å². The summed E-state index contributed by atoms with van der Waals surface area (Å²) in [7, 11) is 0. The summed E-state index contributed by atoms with van der Waals surface area (Å²) in [6.07, 6.45) is 0. The van der Waals surface area contributed by atoms with Gasteiger partial charge in [0.2, 0.25) is 0 Å². The Hall–Kier alpha value is -5.34. The second-order valence-corrected chi connectivity index (χ2v) is 9.55. The van der Waals surface area contributed by atoms with Crippen LogP contribution in [0.3, 0.4) is 0 Å². The lowest BCUT2D eigenvalue weighted by Crippen LogP contribution is -2.09. The number of para-hydroxylation sites is 2. The Morgan fingerprint density at radius 3 is 2.00 bits per heavy atom. The smallest absolute Gasteiger partial charge is 0.143 e. The maximum Gasteiger partial charge on any atom is 0.143 e. The van der Waals surface area contributed by atoms with E-state index in [9.17, 15) is 2.74 Å². The van der Waals surface area contributed by atoms with Crippen LogP contribution in [0.1, 0.15) is 11.0 Å². The zero-order valence-electron chi connectivity index (χ0n) is 29.2. The van der Waals surface area contributed by atoms with Gasteiger partial charge in [0.05, 0.1) is 22.0 Å². The van der Waals surface area contributed by atoms with Crippen molar-refractivity contribution in [1.82, 2.24) is 0 Å². The van der Waals surface area contributed by atoms with Gasteiger partial charge in [0, 0.05) is 22.1 Å². The average Bonchev–Trinajstić information content (AvgIpc) is 3.52. The summed E-state index contributed by atoms with van der Waals surface area (Å²) >= 11 is 0. The van der Waals surface area contributed by atoms with Gasteiger partial charge in [-0.2, -0.15) is 0 Å². The lowest BCUT2D eigenvalue weighted by Gasteiger charge is -2.26. The minimum absolute atomic E-state index is 0.00219. The molecule has 0 unspecified atom stereocenters. The van der Waals surface area contributed by atoms with Gasteiger partial charge in [0.25, 0.3) is 0 Å². The second-order valence-electron chi connectivity index (χ2n) is 9.55. The molecule has 0 aliphatic carbocycles. The molecule has 7 aromatic carbocycles. The molecule has 0 atom stereocenters. The summed E-state index contributed by atoms with van der Waals surface area (Å²) in [5, 5.41) is 2.49. The van der Waals surface area contributed by atoms with Crippen LogP contribution >= 0.6 is 0 Å². The van der Waals surface area contributed by atoms with Crippen LogP contribution in [-0.2, 0) is 0 Å². The van der Waals surface area contributed by atoms with Crippen LogP contribution in [0.25, 0.3) is 54.6 Å². The fourth-order valence-corrected chi connectivity index (χ4v) is 5.40. The van der Waals surface area contributed by atoms with Crippen LogP contribution in [0.5, 0.6) is 0 Å². The van der Waals surface area contributed by atoms with Crippen LogP contribution in [0.4, 0.5) is 17.1 Å². The summed E-state index contributed by atoms with van der Waals surface area (Å²) in [6.45, 7) is 0. The highest BCUT2D eigenvalue weighted by Gasteiger charge is 2.21. The van der Waals surface area contributed by atoms with E-state index < -0.39 is 12.1 Å². The van der Waals surface area contributed by atoms with E-state index >= 15 is 0 Å².